The van der Waals surface area contributed by atoms with Gasteiger partial charge in [-0.1, -0.05) is 55.5 Å². The van der Waals surface area contributed by atoms with Gasteiger partial charge in [-0.3, -0.25) is 14.9 Å². The molecule has 0 saturated heterocycles. The zero-order valence-electron chi connectivity index (χ0n) is 19.8. The van der Waals surface area contributed by atoms with E-state index in [0.29, 0.717) is 12.8 Å². The van der Waals surface area contributed by atoms with Crippen LogP contribution in [0.2, 0.25) is 0 Å². The molecule has 2 unspecified atom stereocenters. The van der Waals surface area contributed by atoms with Crippen molar-refractivity contribution in [2.45, 2.75) is 38.6 Å². The van der Waals surface area contributed by atoms with Crippen LogP contribution < -0.4 is 10.6 Å². The third kappa shape index (κ3) is 6.38. The Morgan fingerprint density at radius 2 is 1.57 bits per heavy atom. The maximum Gasteiger partial charge on any atom is 0.408 e. The highest BCUT2D eigenvalue weighted by Crippen LogP contribution is 2.44. The highest BCUT2D eigenvalue weighted by Gasteiger charge is 2.32. The zero-order chi connectivity index (χ0) is 25.4. The van der Waals surface area contributed by atoms with Crippen LogP contribution in [0.1, 0.15) is 43.7 Å². The van der Waals surface area contributed by atoms with E-state index in [1.807, 2.05) is 48.5 Å². The second kappa shape index (κ2) is 12.0. The highest BCUT2D eigenvalue weighted by molar-refractivity contribution is 6.04. The third-order valence-electron chi connectivity index (χ3n) is 5.93. The molecular formula is C26H30N2O7. The first kappa shape index (κ1) is 25.7. The number of ether oxygens (including phenoxy) is 2. The molecule has 186 valence electrons. The van der Waals surface area contributed by atoms with E-state index in [4.69, 9.17) is 14.6 Å². The molecule has 0 heterocycles. The normalized spacial score (nSPS) is 13.7. The predicted molar refractivity (Wildman–Crippen MR) is 128 cm³/mol. The van der Waals surface area contributed by atoms with E-state index in [1.54, 1.807) is 13.8 Å². The number of rotatable bonds is 11. The van der Waals surface area contributed by atoms with Gasteiger partial charge in [-0.2, -0.15) is 0 Å². The first-order valence-corrected chi connectivity index (χ1v) is 11.6. The van der Waals surface area contributed by atoms with Gasteiger partial charge in [0.15, 0.2) is 0 Å². The lowest BCUT2D eigenvalue weighted by Crippen LogP contribution is -2.52. The molecule has 0 bridgehead atoms. The Morgan fingerprint density at radius 1 is 0.971 bits per heavy atom. The van der Waals surface area contributed by atoms with Gasteiger partial charge in [0, 0.05) is 12.5 Å². The number of nitrogens with one attached hydrogen (secondary N) is 2. The second-order valence-electron chi connectivity index (χ2n) is 8.33. The summed E-state index contributed by atoms with van der Waals surface area (Å²) in [4.78, 5) is 48.3. The molecule has 0 radical (unpaired) electrons. The van der Waals surface area contributed by atoms with E-state index in [1.165, 1.54) is 0 Å². The summed E-state index contributed by atoms with van der Waals surface area (Å²) in [6.45, 7) is 3.38. The van der Waals surface area contributed by atoms with Crippen LogP contribution in [0.3, 0.4) is 0 Å². The van der Waals surface area contributed by atoms with Gasteiger partial charge in [-0.15, -0.1) is 0 Å². The van der Waals surface area contributed by atoms with Gasteiger partial charge in [-0.25, -0.2) is 9.59 Å². The molecule has 2 amide bonds. The lowest BCUT2D eigenvalue weighted by Gasteiger charge is -2.19. The fourth-order valence-electron chi connectivity index (χ4n) is 4.06. The van der Waals surface area contributed by atoms with E-state index in [-0.39, 0.29) is 25.7 Å². The van der Waals surface area contributed by atoms with Crippen molar-refractivity contribution >= 4 is 23.9 Å². The number of carboxylic acids is 1. The first-order valence-electron chi connectivity index (χ1n) is 11.6. The number of carbonyl (C=O) groups is 4. The molecule has 0 aliphatic heterocycles. The largest absolute Gasteiger partial charge is 0.481 e. The first-order chi connectivity index (χ1) is 16.8. The fourth-order valence-corrected chi connectivity index (χ4v) is 4.06. The Hall–Kier alpha value is -3.88. The number of alkyl carbamates (subject to hydrolysis) is 1. The van der Waals surface area contributed by atoms with E-state index < -0.39 is 35.9 Å². The average Bonchev–Trinajstić information content (AvgIpc) is 3.17. The van der Waals surface area contributed by atoms with Crippen LogP contribution >= 0.6 is 0 Å². The van der Waals surface area contributed by atoms with Crippen LogP contribution in [0.4, 0.5) is 4.79 Å². The van der Waals surface area contributed by atoms with Crippen molar-refractivity contribution in [3.8, 4) is 11.1 Å². The summed E-state index contributed by atoms with van der Waals surface area (Å²) in [6, 6.07) is 14.2. The summed E-state index contributed by atoms with van der Waals surface area (Å²) >= 11 is 0. The molecule has 1 aliphatic rings. The number of esters is 1. The number of hydrogen-bond donors (Lipinski definition) is 3. The van der Waals surface area contributed by atoms with E-state index in [2.05, 4.69) is 10.6 Å². The number of carbonyl (C=O) groups excluding carboxylic acids is 3. The van der Waals surface area contributed by atoms with Crippen LogP contribution in [-0.4, -0.2) is 54.8 Å². The minimum absolute atomic E-state index is 0.0318. The van der Waals surface area contributed by atoms with Crippen LogP contribution in [0.25, 0.3) is 11.1 Å². The lowest BCUT2D eigenvalue weighted by atomic mass is 9.98. The van der Waals surface area contributed by atoms with Crippen molar-refractivity contribution in [3.63, 3.8) is 0 Å². The number of carboxylic acid groups (broad SMARTS) is 1. The molecule has 3 rings (SSSR count). The molecule has 1 aliphatic carbocycles. The fraction of sp³-hybridized carbons (Fsp3) is 0.385. The van der Waals surface area contributed by atoms with Crippen molar-refractivity contribution in [1.29, 1.82) is 0 Å². The van der Waals surface area contributed by atoms with E-state index >= 15 is 0 Å². The summed E-state index contributed by atoms with van der Waals surface area (Å²) in [5, 5.41) is 13.8. The molecule has 2 aromatic rings. The molecule has 2 aromatic carbocycles. The summed E-state index contributed by atoms with van der Waals surface area (Å²) in [5.41, 5.74) is 4.24. The van der Waals surface area contributed by atoms with Gasteiger partial charge in [0.05, 0.1) is 12.5 Å². The highest BCUT2D eigenvalue weighted by atomic mass is 16.6. The van der Waals surface area contributed by atoms with Crippen LogP contribution in [-0.2, 0) is 23.9 Å². The number of aliphatic carboxylic acids is 1. The van der Waals surface area contributed by atoms with Crippen molar-refractivity contribution in [1.82, 2.24) is 10.6 Å². The van der Waals surface area contributed by atoms with Gasteiger partial charge >= 0.3 is 18.0 Å². The quantitative estimate of drug-likeness (QED) is 0.255. The van der Waals surface area contributed by atoms with Crippen LogP contribution in [0, 0.1) is 5.92 Å². The standard InChI is InChI=1S/C26H30N2O7/c1-3-34-25(32)22(23(29)27-14-8-9-16(2)24(30)31)28-26(33)35-15-21-19-12-6-4-10-17(19)18-11-5-7-13-20(18)21/h4-7,10-13,16,21-22H,3,8-9,14-15H2,1-2H3,(H,27,29)(H,28,33)(H,30,31). The predicted octanol–water partition coefficient (Wildman–Crippen LogP) is 3.07. The Bertz CT molecular complexity index is 1040. The summed E-state index contributed by atoms with van der Waals surface area (Å²) in [5.74, 6) is -3.29. The topological polar surface area (TPSA) is 131 Å². The maximum atomic E-state index is 12.6. The Balaban J connectivity index is 1.59. The molecule has 0 spiro atoms. The molecule has 35 heavy (non-hydrogen) atoms. The third-order valence-corrected chi connectivity index (χ3v) is 5.93. The Labute approximate surface area is 203 Å². The molecule has 9 nitrogen and oxygen atoms in total. The van der Waals surface area contributed by atoms with Gasteiger partial charge in [-0.05, 0) is 42.0 Å². The van der Waals surface area contributed by atoms with Crippen LogP contribution in [0.5, 0.6) is 0 Å². The molecule has 0 aromatic heterocycles. The molecule has 2 atom stereocenters. The summed E-state index contributed by atoms with van der Waals surface area (Å²) in [6.07, 6.45) is -0.154. The Kier molecular flexibility index (Phi) is 8.83. The monoisotopic (exact) mass is 482 g/mol. The molecule has 0 fully saturated rings. The van der Waals surface area contributed by atoms with Crippen molar-refractivity contribution in [3.05, 3.63) is 59.7 Å². The summed E-state index contributed by atoms with van der Waals surface area (Å²) in [7, 11) is 0. The molecule has 0 saturated carbocycles. The van der Waals surface area contributed by atoms with Crippen molar-refractivity contribution < 1.29 is 33.8 Å². The smallest absolute Gasteiger partial charge is 0.408 e. The number of benzene rings is 2. The van der Waals surface area contributed by atoms with Gasteiger partial charge in [0.1, 0.15) is 6.61 Å². The number of amides is 2. The molecule has 3 N–H and O–H groups in total. The van der Waals surface area contributed by atoms with Crippen LogP contribution in [0.15, 0.2) is 48.5 Å². The second-order valence-corrected chi connectivity index (χ2v) is 8.33. The average molecular weight is 483 g/mol. The maximum absolute atomic E-state index is 12.6. The summed E-state index contributed by atoms with van der Waals surface area (Å²) < 4.78 is 10.4. The van der Waals surface area contributed by atoms with Gasteiger partial charge in [0.2, 0.25) is 6.04 Å². The minimum atomic E-state index is -1.58. The minimum Gasteiger partial charge on any atom is -0.481 e. The van der Waals surface area contributed by atoms with Crippen molar-refractivity contribution in [2.75, 3.05) is 19.8 Å². The molecule has 9 heteroatoms. The Morgan fingerprint density at radius 3 is 2.14 bits per heavy atom. The van der Waals surface area contributed by atoms with Crippen molar-refractivity contribution in [2.24, 2.45) is 5.92 Å². The zero-order valence-corrected chi connectivity index (χ0v) is 19.8. The van der Waals surface area contributed by atoms with E-state index in [0.717, 1.165) is 22.3 Å². The number of hydrogen-bond acceptors (Lipinski definition) is 6. The SMILES string of the molecule is CCOC(=O)C(NC(=O)OCC1c2ccccc2-c2ccccc21)C(=O)NCCCC(C)C(=O)O. The van der Waals surface area contributed by atoms with Gasteiger partial charge < -0.3 is 19.9 Å². The molecular weight excluding hydrogens is 452 g/mol. The lowest BCUT2D eigenvalue weighted by molar-refractivity contribution is -0.149. The van der Waals surface area contributed by atoms with E-state index in [9.17, 15) is 19.2 Å². The number of fused-ring (bicyclic) bond motifs is 3. The van der Waals surface area contributed by atoms with Gasteiger partial charge in [0.25, 0.3) is 5.91 Å².